The van der Waals surface area contributed by atoms with Crippen molar-refractivity contribution in [2.75, 3.05) is 12.8 Å². The van der Waals surface area contributed by atoms with Crippen LogP contribution in [0.4, 0.5) is 0 Å². The van der Waals surface area contributed by atoms with Gasteiger partial charge in [0, 0.05) is 41.1 Å². The summed E-state index contributed by atoms with van der Waals surface area (Å²) >= 11 is 0. The topological polar surface area (TPSA) is 55.2 Å². The number of hydrogen-bond acceptors (Lipinski definition) is 3. The lowest BCUT2D eigenvalue weighted by molar-refractivity contribution is 0.0597. The standard InChI is InChI=1S/C21H23N3O2S/c1-23-18-8-4-3-7-17(18)22-20(23)19-9-5-6-14-24(19)21(25)15-10-12-16(13-11-15)27(2)26/h3-4,7-8,10-13,19H,5-6,9,14H2,1-2H3/t19-,27-/m1/s1. The zero-order valence-electron chi connectivity index (χ0n) is 15.6. The summed E-state index contributed by atoms with van der Waals surface area (Å²) < 4.78 is 13.7. The highest BCUT2D eigenvalue weighted by Crippen LogP contribution is 2.33. The number of likely N-dealkylation sites (tertiary alicyclic amines) is 1. The smallest absolute Gasteiger partial charge is 0.254 e. The van der Waals surface area contributed by atoms with Gasteiger partial charge < -0.3 is 9.47 Å². The first kappa shape index (κ1) is 17.9. The Labute approximate surface area is 161 Å². The maximum atomic E-state index is 13.2. The molecular formula is C21H23N3O2S. The van der Waals surface area contributed by atoms with Gasteiger partial charge in [-0.3, -0.25) is 9.00 Å². The lowest BCUT2D eigenvalue weighted by Crippen LogP contribution is -2.39. The number of amides is 1. The zero-order chi connectivity index (χ0) is 19.0. The SMILES string of the molecule is Cn1c([C@H]2CCCCN2C(=O)c2ccc([S@@](C)=O)cc2)nc2ccccc21. The number of para-hydroxylation sites is 2. The number of aromatic nitrogens is 2. The third-order valence-electron chi connectivity index (χ3n) is 5.32. The monoisotopic (exact) mass is 381 g/mol. The maximum absolute atomic E-state index is 13.2. The second kappa shape index (κ2) is 7.27. The highest BCUT2D eigenvalue weighted by atomic mass is 32.2. The number of fused-ring (bicyclic) bond motifs is 1. The molecule has 5 nitrogen and oxygen atoms in total. The normalized spacial score (nSPS) is 18.6. The van der Waals surface area contributed by atoms with Crippen molar-refractivity contribution < 1.29 is 9.00 Å². The molecule has 1 aliphatic rings. The first-order valence-electron chi connectivity index (χ1n) is 9.22. The van der Waals surface area contributed by atoms with E-state index in [1.165, 1.54) is 0 Å². The van der Waals surface area contributed by atoms with E-state index < -0.39 is 10.8 Å². The van der Waals surface area contributed by atoms with Crippen molar-refractivity contribution in [2.45, 2.75) is 30.2 Å². The van der Waals surface area contributed by atoms with Crippen molar-refractivity contribution in [3.8, 4) is 0 Å². The molecule has 1 fully saturated rings. The molecule has 0 radical (unpaired) electrons. The van der Waals surface area contributed by atoms with Crippen molar-refractivity contribution in [2.24, 2.45) is 7.05 Å². The summed E-state index contributed by atoms with van der Waals surface area (Å²) in [6.07, 6.45) is 4.65. The van der Waals surface area contributed by atoms with E-state index in [2.05, 4.69) is 10.6 Å². The molecule has 2 aromatic carbocycles. The summed E-state index contributed by atoms with van der Waals surface area (Å²) in [7, 11) is 0.979. The quantitative estimate of drug-likeness (QED) is 0.695. The van der Waals surface area contributed by atoms with Crippen LogP contribution in [0.5, 0.6) is 0 Å². The van der Waals surface area contributed by atoms with Gasteiger partial charge in [-0.25, -0.2) is 4.98 Å². The molecule has 1 aromatic heterocycles. The van der Waals surface area contributed by atoms with Gasteiger partial charge in [0.15, 0.2) is 0 Å². The van der Waals surface area contributed by atoms with Crippen LogP contribution in [0.1, 0.15) is 41.5 Å². The second-order valence-corrected chi connectivity index (χ2v) is 8.39. The molecule has 0 unspecified atom stereocenters. The summed E-state index contributed by atoms with van der Waals surface area (Å²) in [6.45, 7) is 0.730. The van der Waals surface area contributed by atoms with Crippen molar-refractivity contribution in [1.29, 1.82) is 0 Å². The van der Waals surface area contributed by atoms with E-state index in [0.29, 0.717) is 5.56 Å². The number of carbonyl (C=O) groups is 1. The van der Waals surface area contributed by atoms with Crippen LogP contribution in [0.3, 0.4) is 0 Å². The molecule has 0 spiro atoms. The minimum absolute atomic E-state index is 0.0141. The van der Waals surface area contributed by atoms with Gasteiger partial charge in [0.05, 0.1) is 17.1 Å². The number of piperidine rings is 1. The highest BCUT2D eigenvalue weighted by Gasteiger charge is 2.31. The van der Waals surface area contributed by atoms with E-state index in [4.69, 9.17) is 4.98 Å². The lowest BCUT2D eigenvalue weighted by atomic mass is 10.00. The Morgan fingerprint density at radius 2 is 1.85 bits per heavy atom. The molecule has 0 saturated carbocycles. The number of imidazole rings is 1. The number of carbonyl (C=O) groups excluding carboxylic acids is 1. The number of benzene rings is 2. The van der Waals surface area contributed by atoms with Crippen LogP contribution in [0.2, 0.25) is 0 Å². The Balaban J connectivity index is 1.68. The molecule has 3 aromatic rings. The van der Waals surface area contributed by atoms with E-state index in [-0.39, 0.29) is 11.9 Å². The molecule has 1 saturated heterocycles. The fourth-order valence-corrected chi connectivity index (χ4v) is 4.38. The van der Waals surface area contributed by atoms with Crippen LogP contribution < -0.4 is 0 Å². The number of hydrogen-bond donors (Lipinski definition) is 0. The second-order valence-electron chi connectivity index (χ2n) is 7.01. The fraction of sp³-hybridized carbons (Fsp3) is 0.333. The predicted octanol–water partition coefficient (Wildman–Crippen LogP) is 3.68. The van der Waals surface area contributed by atoms with Crippen LogP contribution in [0.15, 0.2) is 53.4 Å². The Morgan fingerprint density at radius 1 is 1.11 bits per heavy atom. The van der Waals surface area contributed by atoms with Gasteiger partial charge in [0.25, 0.3) is 5.91 Å². The Kier molecular flexibility index (Phi) is 4.83. The molecule has 27 heavy (non-hydrogen) atoms. The van der Waals surface area contributed by atoms with Crippen LogP contribution >= 0.6 is 0 Å². The van der Waals surface area contributed by atoms with E-state index >= 15 is 0 Å². The Hall–Kier alpha value is -2.47. The predicted molar refractivity (Wildman–Crippen MR) is 107 cm³/mol. The average molecular weight is 382 g/mol. The average Bonchev–Trinajstić information content (AvgIpc) is 3.04. The summed E-state index contributed by atoms with van der Waals surface area (Å²) in [4.78, 5) is 20.7. The molecule has 1 aliphatic heterocycles. The number of aryl methyl sites for hydroxylation is 1. The van der Waals surface area contributed by atoms with Crippen LogP contribution in [-0.4, -0.2) is 37.4 Å². The van der Waals surface area contributed by atoms with Gasteiger partial charge >= 0.3 is 0 Å². The third-order valence-corrected chi connectivity index (χ3v) is 6.25. The minimum atomic E-state index is -1.04. The first-order valence-corrected chi connectivity index (χ1v) is 10.8. The Morgan fingerprint density at radius 3 is 2.56 bits per heavy atom. The minimum Gasteiger partial charge on any atom is -0.329 e. The third kappa shape index (κ3) is 3.30. The molecule has 0 N–H and O–H groups in total. The van der Waals surface area contributed by atoms with E-state index in [9.17, 15) is 9.00 Å². The van der Waals surface area contributed by atoms with Crippen molar-refractivity contribution in [3.63, 3.8) is 0 Å². The highest BCUT2D eigenvalue weighted by molar-refractivity contribution is 7.84. The van der Waals surface area contributed by atoms with Crippen molar-refractivity contribution in [1.82, 2.24) is 14.5 Å². The van der Waals surface area contributed by atoms with Crippen LogP contribution in [0, 0.1) is 0 Å². The summed E-state index contributed by atoms with van der Waals surface area (Å²) in [5.74, 6) is 0.954. The molecular weight excluding hydrogens is 358 g/mol. The van der Waals surface area contributed by atoms with E-state index in [1.54, 1.807) is 30.5 Å². The van der Waals surface area contributed by atoms with Gasteiger partial charge in [0.1, 0.15) is 5.82 Å². The Bertz CT molecular complexity index is 1010. The van der Waals surface area contributed by atoms with E-state index in [1.807, 2.05) is 30.1 Å². The molecule has 140 valence electrons. The molecule has 6 heteroatoms. The molecule has 0 aliphatic carbocycles. The van der Waals surface area contributed by atoms with Gasteiger partial charge in [-0.05, 0) is 55.7 Å². The van der Waals surface area contributed by atoms with E-state index in [0.717, 1.165) is 47.6 Å². The molecule has 4 rings (SSSR count). The summed E-state index contributed by atoms with van der Waals surface area (Å²) in [6, 6.07) is 15.2. The number of rotatable bonds is 3. The molecule has 2 heterocycles. The molecule has 1 amide bonds. The van der Waals surface area contributed by atoms with Gasteiger partial charge in [-0.1, -0.05) is 12.1 Å². The molecule has 2 atom stereocenters. The first-order chi connectivity index (χ1) is 13.1. The van der Waals surface area contributed by atoms with Gasteiger partial charge in [-0.15, -0.1) is 0 Å². The van der Waals surface area contributed by atoms with Crippen LogP contribution in [-0.2, 0) is 17.8 Å². The van der Waals surface area contributed by atoms with Crippen LogP contribution in [0.25, 0.3) is 11.0 Å². The largest absolute Gasteiger partial charge is 0.329 e. The number of nitrogens with zero attached hydrogens (tertiary/aromatic N) is 3. The summed E-state index contributed by atoms with van der Waals surface area (Å²) in [5, 5.41) is 0. The van der Waals surface area contributed by atoms with Gasteiger partial charge in [0.2, 0.25) is 0 Å². The maximum Gasteiger partial charge on any atom is 0.254 e. The van der Waals surface area contributed by atoms with Crippen molar-refractivity contribution >= 4 is 27.7 Å². The zero-order valence-corrected chi connectivity index (χ0v) is 16.4. The fourth-order valence-electron chi connectivity index (χ4n) is 3.86. The summed E-state index contributed by atoms with van der Waals surface area (Å²) in [5.41, 5.74) is 2.68. The van der Waals surface area contributed by atoms with Crippen molar-refractivity contribution in [3.05, 3.63) is 59.9 Å². The molecule has 0 bridgehead atoms. The van der Waals surface area contributed by atoms with Gasteiger partial charge in [-0.2, -0.15) is 0 Å². The lowest BCUT2D eigenvalue weighted by Gasteiger charge is -2.35.